The maximum atomic E-state index is 3.49. The third-order valence-electron chi connectivity index (χ3n) is 4.56. The van der Waals surface area contributed by atoms with Crippen molar-refractivity contribution in [3.63, 3.8) is 0 Å². The van der Waals surface area contributed by atoms with Gasteiger partial charge in [-0.05, 0) is 79.8 Å². The third-order valence-corrected chi connectivity index (χ3v) is 4.56. The van der Waals surface area contributed by atoms with Gasteiger partial charge in [-0.2, -0.15) is 0 Å². The van der Waals surface area contributed by atoms with Gasteiger partial charge in [-0.1, -0.05) is 26.0 Å². The number of rotatable bonds is 16. The molecule has 0 amide bonds. The Bertz CT molecular complexity index is 261. The fraction of sp³-hybridized carbons (Fsp3) is 0.900. The van der Waals surface area contributed by atoms with Crippen molar-refractivity contribution in [1.82, 2.24) is 20.4 Å². The van der Waals surface area contributed by atoms with Crippen LogP contribution in [0.4, 0.5) is 0 Å². The maximum Gasteiger partial charge on any atom is 0.0135 e. The Morgan fingerprint density at radius 3 is 1.38 bits per heavy atom. The molecule has 0 atom stereocenters. The van der Waals surface area contributed by atoms with Crippen LogP contribution >= 0.6 is 0 Å². The Balaban J connectivity index is 3.42. The van der Waals surface area contributed by atoms with Gasteiger partial charge in [0.25, 0.3) is 0 Å². The molecule has 0 aromatic carbocycles. The summed E-state index contributed by atoms with van der Waals surface area (Å²) in [4.78, 5) is 5.03. The predicted octanol–water partition coefficient (Wildman–Crippen LogP) is 2.96. The van der Waals surface area contributed by atoms with E-state index >= 15 is 0 Å². The zero-order valence-electron chi connectivity index (χ0n) is 17.3. The Morgan fingerprint density at radius 2 is 1.08 bits per heavy atom. The molecule has 24 heavy (non-hydrogen) atoms. The van der Waals surface area contributed by atoms with Crippen LogP contribution < -0.4 is 10.6 Å². The first kappa shape index (κ1) is 23.6. The molecule has 2 N–H and O–H groups in total. The molecule has 0 radical (unpaired) electrons. The van der Waals surface area contributed by atoms with Crippen molar-refractivity contribution in [3.8, 4) is 0 Å². The van der Waals surface area contributed by atoms with E-state index in [1.807, 2.05) is 0 Å². The fourth-order valence-corrected chi connectivity index (χ4v) is 2.91. The topological polar surface area (TPSA) is 30.5 Å². The smallest absolute Gasteiger partial charge is 0.0135 e. The number of hydrogen-bond donors (Lipinski definition) is 2. The second-order valence-corrected chi connectivity index (χ2v) is 7.03. The minimum Gasteiger partial charge on any atom is -0.313 e. The summed E-state index contributed by atoms with van der Waals surface area (Å²) in [5.41, 5.74) is 0. The first-order chi connectivity index (χ1) is 11.5. The van der Waals surface area contributed by atoms with Gasteiger partial charge in [0.1, 0.15) is 0 Å². The zero-order chi connectivity index (χ0) is 18.2. The summed E-state index contributed by atoms with van der Waals surface area (Å²) in [5.74, 6) is 0. The van der Waals surface area contributed by atoms with Gasteiger partial charge in [0.15, 0.2) is 0 Å². The molecule has 4 heteroatoms. The van der Waals surface area contributed by atoms with E-state index in [9.17, 15) is 0 Å². The van der Waals surface area contributed by atoms with Crippen molar-refractivity contribution >= 4 is 0 Å². The van der Waals surface area contributed by atoms with E-state index in [4.69, 9.17) is 0 Å². The van der Waals surface area contributed by atoms with Crippen molar-refractivity contribution in [2.45, 2.75) is 66.5 Å². The zero-order valence-corrected chi connectivity index (χ0v) is 17.3. The van der Waals surface area contributed by atoms with Gasteiger partial charge in [-0.15, -0.1) is 0 Å². The minimum atomic E-state index is 0.658. The highest BCUT2D eigenvalue weighted by Gasteiger charge is 2.05. The highest BCUT2D eigenvalue weighted by Crippen LogP contribution is 1.98. The highest BCUT2D eigenvalue weighted by atomic mass is 15.1. The van der Waals surface area contributed by atoms with Crippen LogP contribution in [0.3, 0.4) is 0 Å². The summed E-state index contributed by atoms with van der Waals surface area (Å²) in [6.07, 6.45) is 6.92. The SMILES string of the molecule is CCN(CCCNC/C=C\CNCCCN(CC)C(C)C)C(C)C. The lowest BCUT2D eigenvalue weighted by Crippen LogP contribution is -2.33. The molecule has 0 heterocycles. The molecule has 0 fully saturated rings. The van der Waals surface area contributed by atoms with E-state index in [0.29, 0.717) is 12.1 Å². The van der Waals surface area contributed by atoms with Gasteiger partial charge in [-0.3, -0.25) is 0 Å². The molecule has 0 aromatic rings. The van der Waals surface area contributed by atoms with Crippen LogP contribution in [-0.4, -0.2) is 74.2 Å². The molecule has 0 rings (SSSR count). The molecule has 144 valence electrons. The second kappa shape index (κ2) is 16.1. The lowest BCUT2D eigenvalue weighted by atomic mass is 10.3. The number of hydrogen-bond acceptors (Lipinski definition) is 4. The Labute approximate surface area is 152 Å². The van der Waals surface area contributed by atoms with Crippen LogP contribution in [0, 0.1) is 0 Å². The van der Waals surface area contributed by atoms with E-state index in [1.165, 1.54) is 25.9 Å². The van der Waals surface area contributed by atoms with Crippen LogP contribution in [0.2, 0.25) is 0 Å². The normalized spacial score (nSPS) is 12.6. The van der Waals surface area contributed by atoms with Gasteiger partial charge in [0.05, 0.1) is 0 Å². The van der Waals surface area contributed by atoms with Gasteiger partial charge in [0.2, 0.25) is 0 Å². The molecular formula is C20H44N4. The molecule has 0 bridgehead atoms. The summed E-state index contributed by atoms with van der Waals surface area (Å²) in [6, 6.07) is 1.32. The molecule has 0 spiro atoms. The van der Waals surface area contributed by atoms with E-state index < -0.39 is 0 Å². The van der Waals surface area contributed by atoms with Crippen molar-refractivity contribution in [3.05, 3.63) is 12.2 Å². The molecule has 0 saturated heterocycles. The minimum absolute atomic E-state index is 0.658. The maximum absolute atomic E-state index is 3.49. The predicted molar refractivity (Wildman–Crippen MR) is 109 cm³/mol. The Kier molecular flexibility index (Phi) is 15.8. The third kappa shape index (κ3) is 12.9. The first-order valence-electron chi connectivity index (χ1n) is 10.1. The van der Waals surface area contributed by atoms with Crippen LogP contribution in [-0.2, 0) is 0 Å². The average molecular weight is 341 g/mol. The standard InChI is InChI=1S/C20H44N4/c1-7-23(19(3)4)17-11-15-21-13-9-10-14-22-16-12-18-24(8-2)20(5)6/h9-10,19-22H,7-8,11-18H2,1-6H3/b10-9-. The van der Waals surface area contributed by atoms with Gasteiger partial charge < -0.3 is 20.4 Å². The molecule has 0 unspecified atom stereocenters. The van der Waals surface area contributed by atoms with Crippen molar-refractivity contribution in [2.24, 2.45) is 0 Å². The molecule has 4 nitrogen and oxygen atoms in total. The quantitative estimate of drug-likeness (QED) is 0.334. The Hall–Kier alpha value is -0.420. The van der Waals surface area contributed by atoms with Crippen molar-refractivity contribution in [1.29, 1.82) is 0 Å². The summed E-state index contributed by atoms with van der Waals surface area (Å²) in [6.45, 7) is 22.4. The van der Waals surface area contributed by atoms with Crippen molar-refractivity contribution < 1.29 is 0 Å². The van der Waals surface area contributed by atoms with Crippen LogP contribution in [0.15, 0.2) is 12.2 Å². The molecule has 0 aromatic heterocycles. The van der Waals surface area contributed by atoms with Crippen molar-refractivity contribution in [2.75, 3.05) is 52.4 Å². The van der Waals surface area contributed by atoms with Gasteiger partial charge in [-0.25, -0.2) is 0 Å². The summed E-state index contributed by atoms with van der Waals surface area (Å²) < 4.78 is 0. The van der Waals surface area contributed by atoms with E-state index in [1.54, 1.807) is 0 Å². The van der Waals surface area contributed by atoms with Crippen LogP contribution in [0.5, 0.6) is 0 Å². The average Bonchev–Trinajstić information content (AvgIpc) is 2.54. The summed E-state index contributed by atoms with van der Waals surface area (Å²) in [5, 5.41) is 6.99. The summed E-state index contributed by atoms with van der Waals surface area (Å²) in [7, 11) is 0. The lowest BCUT2D eigenvalue weighted by Gasteiger charge is -2.24. The highest BCUT2D eigenvalue weighted by molar-refractivity contribution is 4.85. The molecule has 0 aliphatic rings. The summed E-state index contributed by atoms with van der Waals surface area (Å²) >= 11 is 0. The first-order valence-corrected chi connectivity index (χ1v) is 10.1. The fourth-order valence-electron chi connectivity index (χ4n) is 2.91. The van der Waals surface area contributed by atoms with Gasteiger partial charge >= 0.3 is 0 Å². The molecule has 0 aliphatic heterocycles. The van der Waals surface area contributed by atoms with E-state index in [0.717, 1.165) is 39.3 Å². The Morgan fingerprint density at radius 1 is 0.708 bits per heavy atom. The molecule has 0 saturated carbocycles. The number of nitrogens with zero attached hydrogens (tertiary/aromatic N) is 2. The van der Waals surface area contributed by atoms with Crippen LogP contribution in [0.1, 0.15) is 54.4 Å². The molecular weight excluding hydrogens is 296 g/mol. The number of nitrogens with one attached hydrogen (secondary N) is 2. The van der Waals surface area contributed by atoms with E-state index in [2.05, 4.69) is 74.1 Å². The largest absolute Gasteiger partial charge is 0.313 e. The van der Waals surface area contributed by atoms with Crippen LogP contribution in [0.25, 0.3) is 0 Å². The van der Waals surface area contributed by atoms with E-state index in [-0.39, 0.29) is 0 Å². The monoisotopic (exact) mass is 340 g/mol. The lowest BCUT2D eigenvalue weighted by molar-refractivity contribution is 0.230. The van der Waals surface area contributed by atoms with Gasteiger partial charge in [0, 0.05) is 25.2 Å². The molecule has 0 aliphatic carbocycles. The second-order valence-electron chi connectivity index (χ2n) is 7.03.